The molecule has 0 aliphatic rings. The van der Waals surface area contributed by atoms with Gasteiger partial charge in [0.25, 0.3) is 5.91 Å². The monoisotopic (exact) mass is 329 g/mol. The predicted octanol–water partition coefficient (Wildman–Crippen LogP) is 4.51. The van der Waals surface area contributed by atoms with Gasteiger partial charge in [-0.25, -0.2) is 0 Å². The fourth-order valence-corrected chi connectivity index (χ4v) is 2.93. The molecule has 1 heterocycles. The van der Waals surface area contributed by atoms with Crippen LogP contribution < -0.4 is 10.7 Å². The highest BCUT2D eigenvalue weighted by atomic mass is 16.3. The van der Waals surface area contributed by atoms with Crippen LogP contribution in [0.5, 0.6) is 0 Å². The van der Waals surface area contributed by atoms with Crippen LogP contribution in [0, 0.1) is 6.92 Å². The molecule has 0 radical (unpaired) electrons. The van der Waals surface area contributed by atoms with E-state index >= 15 is 0 Å². The molecule has 1 aromatic heterocycles. The van der Waals surface area contributed by atoms with E-state index in [-0.39, 0.29) is 11.0 Å². The topological polar surface area (TPSA) is 59.3 Å². The van der Waals surface area contributed by atoms with Gasteiger partial charge in [-0.05, 0) is 30.5 Å². The first kappa shape index (κ1) is 15.1. The molecule has 0 unspecified atom stereocenters. The molecule has 0 aliphatic carbocycles. The van der Waals surface area contributed by atoms with Gasteiger partial charge in [0.1, 0.15) is 17.4 Å². The minimum atomic E-state index is -0.478. The zero-order chi connectivity index (χ0) is 17.4. The highest BCUT2D eigenvalue weighted by Crippen LogP contribution is 2.23. The van der Waals surface area contributed by atoms with Crippen LogP contribution in [-0.2, 0) is 0 Å². The Morgan fingerprint density at radius 2 is 1.76 bits per heavy atom. The Balaban J connectivity index is 1.77. The van der Waals surface area contributed by atoms with Crippen LogP contribution in [0.3, 0.4) is 0 Å². The third-order valence-corrected chi connectivity index (χ3v) is 4.21. The number of benzene rings is 3. The first-order valence-electron chi connectivity index (χ1n) is 7.95. The summed E-state index contributed by atoms with van der Waals surface area (Å²) in [7, 11) is 0. The summed E-state index contributed by atoms with van der Waals surface area (Å²) < 4.78 is 5.46. The lowest BCUT2D eigenvalue weighted by Gasteiger charge is -2.09. The van der Waals surface area contributed by atoms with Crippen molar-refractivity contribution in [2.24, 2.45) is 0 Å². The lowest BCUT2D eigenvalue weighted by molar-refractivity contribution is 0.102. The van der Waals surface area contributed by atoms with Gasteiger partial charge in [0.05, 0.1) is 5.39 Å². The molecule has 122 valence electrons. The minimum absolute atomic E-state index is 0.00830. The number of nitrogens with one attached hydrogen (secondary N) is 1. The number of hydrogen-bond donors (Lipinski definition) is 1. The van der Waals surface area contributed by atoms with Gasteiger partial charge in [-0.1, -0.05) is 48.0 Å². The summed E-state index contributed by atoms with van der Waals surface area (Å²) in [5.74, 6) is -0.478. The van der Waals surface area contributed by atoms with Crippen molar-refractivity contribution in [2.45, 2.75) is 6.92 Å². The van der Waals surface area contributed by atoms with Crippen LogP contribution in [-0.4, -0.2) is 5.91 Å². The maximum absolute atomic E-state index is 12.7. The number of amides is 1. The van der Waals surface area contributed by atoms with Gasteiger partial charge >= 0.3 is 0 Å². The van der Waals surface area contributed by atoms with Crippen molar-refractivity contribution >= 4 is 33.3 Å². The van der Waals surface area contributed by atoms with Crippen molar-refractivity contribution in [3.8, 4) is 0 Å². The lowest BCUT2D eigenvalue weighted by Crippen LogP contribution is -2.21. The Bertz CT molecular complexity index is 1170. The van der Waals surface area contributed by atoms with Crippen molar-refractivity contribution in [1.29, 1.82) is 0 Å². The zero-order valence-electron chi connectivity index (χ0n) is 13.6. The summed E-state index contributed by atoms with van der Waals surface area (Å²) in [6, 6.07) is 18.7. The maximum Gasteiger partial charge on any atom is 0.262 e. The lowest BCUT2D eigenvalue weighted by atomic mass is 10.1. The average molecular weight is 329 g/mol. The van der Waals surface area contributed by atoms with Crippen molar-refractivity contribution in [3.05, 3.63) is 88.3 Å². The zero-order valence-corrected chi connectivity index (χ0v) is 13.6. The molecule has 0 saturated heterocycles. The van der Waals surface area contributed by atoms with Gasteiger partial charge < -0.3 is 9.73 Å². The Kier molecular flexibility index (Phi) is 3.58. The van der Waals surface area contributed by atoms with E-state index in [1.54, 1.807) is 12.1 Å². The molecule has 1 amide bonds. The van der Waals surface area contributed by atoms with Crippen LogP contribution in [0.2, 0.25) is 0 Å². The van der Waals surface area contributed by atoms with E-state index in [9.17, 15) is 9.59 Å². The van der Waals surface area contributed by atoms with Crippen LogP contribution in [0.4, 0.5) is 5.69 Å². The van der Waals surface area contributed by atoms with Crippen LogP contribution in [0.15, 0.2) is 76.1 Å². The van der Waals surface area contributed by atoms with Gasteiger partial charge in [0, 0.05) is 11.1 Å². The molecule has 4 nitrogen and oxygen atoms in total. The number of carbonyl (C=O) groups excluding carboxylic acids is 1. The van der Waals surface area contributed by atoms with E-state index in [0.717, 1.165) is 16.3 Å². The molecular formula is C21H15NO3. The smallest absolute Gasteiger partial charge is 0.262 e. The van der Waals surface area contributed by atoms with Gasteiger partial charge in [-0.2, -0.15) is 0 Å². The average Bonchev–Trinajstić information content (AvgIpc) is 2.63. The van der Waals surface area contributed by atoms with Gasteiger partial charge in [0.2, 0.25) is 5.43 Å². The summed E-state index contributed by atoms with van der Waals surface area (Å²) in [6.07, 6.45) is 1.22. The van der Waals surface area contributed by atoms with Crippen molar-refractivity contribution in [1.82, 2.24) is 0 Å². The van der Waals surface area contributed by atoms with Crippen LogP contribution in [0.1, 0.15) is 15.9 Å². The van der Waals surface area contributed by atoms with Gasteiger partial charge in [-0.15, -0.1) is 0 Å². The molecule has 4 aromatic rings. The van der Waals surface area contributed by atoms with Gasteiger partial charge in [-0.3, -0.25) is 9.59 Å². The second-order valence-corrected chi connectivity index (χ2v) is 5.96. The van der Waals surface area contributed by atoms with E-state index in [1.807, 2.05) is 55.5 Å². The second kappa shape index (κ2) is 5.91. The van der Waals surface area contributed by atoms with Crippen molar-refractivity contribution < 1.29 is 9.21 Å². The molecule has 0 saturated carbocycles. The van der Waals surface area contributed by atoms with Crippen LogP contribution >= 0.6 is 0 Å². The molecule has 0 aliphatic heterocycles. The Labute approximate surface area is 143 Å². The summed E-state index contributed by atoms with van der Waals surface area (Å²) in [5, 5.41) is 5.16. The Morgan fingerprint density at radius 3 is 2.64 bits per heavy atom. The number of fused-ring (bicyclic) bond motifs is 2. The molecular weight excluding hydrogens is 314 g/mol. The molecule has 0 fully saturated rings. The van der Waals surface area contributed by atoms with Crippen molar-refractivity contribution in [2.75, 3.05) is 5.32 Å². The second-order valence-electron chi connectivity index (χ2n) is 5.96. The molecule has 0 spiro atoms. The highest BCUT2D eigenvalue weighted by molar-refractivity contribution is 6.09. The third-order valence-electron chi connectivity index (χ3n) is 4.21. The summed E-state index contributed by atoms with van der Waals surface area (Å²) in [4.78, 5) is 25.3. The molecule has 25 heavy (non-hydrogen) atoms. The standard InChI is InChI=1S/C21H15NO3/c1-13-9-10-19-16(11-13)20(23)17(12-25-19)21(24)22-18-8-4-6-14-5-2-3-7-15(14)18/h2-12H,1H3,(H,22,24). The minimum Gasteiger partial charge on any atom is -0.463 e. The molecule has 0 atom stereocenters. The summed E-state index contributed by atoms with van der Waals surface area (Å²) in [5.41, 5.74) is 1.73. The molecule has 0 bridgehead atoms. The number of anilines is 1. The Hall–Kier alpha value is -3.40. The number of rotatable bonds is 2. The molecule has 3 aromatic carbocycles. The first-order chi connectivity index (χ1) is 12.1. The molecule has 4 rings (SSSR count). The third kappa shape index (κ3) is 2.68. The van der Waals surface area contributed by atoms with Crippen molar-refractivity contribution in [3.63, 3.8) is 0 Å². The maximum atomic E-state index is 12.7. The molecule has 1 N–H and O–H groups in total. The summed E-state index contributed by atoms with van der Waals surface area (Å²) in [6.45, 7) is 1.89. The fourth-order valence-electron chi connectivity index (χ4n) is 2.93. The van der Waals surface area contributed by atoms with E-state index < -0.39 is 5.91 Å². The highest BCUT2D eigenvalue weighted by Gasteiger charge is 2.15. The largest absolute Gasteiger partial charge is 0.463 e. The SMILES string of the molecule is Cc1ccc2occ(C(=O)Nc3cccc4ccccc34)c(=O)c2c1. The number of aryl methyl sites for hydroxylation is 1. The first-order valence-corrected chi connectivity index (χ1v) is 7.95. The number of carbonyl (C=O) groups is 1. The number of hydrogen-bond acceptors (Lipinski definition) is 3. The van der Waals surface area contributed by atoms with E-state index in [2.05, 4.69) is 5.32 Å². The quantitative estimate of drug-likeness (QED) is 0.589. The van der Waals surface area contributed by atoms with E-state index in [0.29, 0.717) is 16.7 Å². The van der Waals surface area contributed by atoms with E-state index in [4.69, 9.17) is 4.42 Å². The van der Waals surface area contributed by atoms with Crippen LogP contribution in [0.25, 0.3) is 21.7 Å². The summed E-state index contributed by atoms with van der Waals surface area (Å²) >= 11 is 0. The van der Waals surface area contributed by atoms with E-state index in [1.165, 1.54) is 6.26 Å². The molecule has 4 heteroatoms. The normalized spacial score (nSPS) is 10.9. The van der Waals surface area contributed by atoms with Gasteiger partial charge in [0.15, 0.2) is 0 Å². The predicted molar refractivity (Wildman–Crippen MR) is 99.1 cm³/mol. The Morgan fingerprint density at radius 1 is 0.960 bits per heavy atom. The fraction of sp³-hybridized carbons (Fsp3) is 0.0476.